The van der Waals surface area contributed by atoms with E-state index in [1.807, 2.05) is 30.9 Å². The highest BCUT2D eigenvalue weighted by molar-refractivity contribution is 5.94. The largest absolute Gasteiger partial charge is 0.497 e. The number of hydrogen-bond acceptors (Lipinski definition) is 2. The fourth-order valence-electron chi connectivity index (χ4n) is 3.60. The van der Waals surface area contributed by atoms with Gasteiger partial charge in [-0.15, -0.1) is 0 Å². The van der Waals surface area contributed by atoms with Crippen LogP contribution in [-0.4, -0.2) is 36.0 Å². The van der Waals surface area contributed by atoms with E-state index < -0.39 is 0 Å². The first-order valence-corrected chi connectivity index (χ1v) is 8.16. The predicted molar refractivity (Wildman–Crippen MR) is 88.5 cm³/mol. The number of aryl methyl sites for hydroxylation is 1. The fourth-order valence-corrected chi connectivity index (χ4v) is 3.60. The van der Waals surface area contributed by atoms with Crippen molar-refractivity contribution in [2.75, 3.05) is 20.2 Å². The molecule has 4 nitrogen and oxygen atoms in total. The first-order valence-electron chi connectivity index (χ1n) is 8.16. The van der Waals surface area contributed by atoms with Crippen LogP contribution in [0.15, 0.2) is 18.2 Å². The highest BCUT2D eigenvalue weighted by Gasteiger charge is 2.32. The number of amides is 1. The number of aromatic amines is 1. The van der Waals surface area contributed by atoms with E-state index in [-0.39, 0.29) is 11.8 Å². The molecule has 22 heavy (non-hydrogen) atoms. The zero-order valence-electron chi connectivity index (χ0n) is 13.6. The topological polar surface area (TPSA) is 45.3 Å². The highest BCUT2D eigenvalue weighted by Crippen LogP contribution is 2.39. The molecule has 2 aromatic rings. The molecule has 0 spiro atoms. The summed E-state index contributed by atoms with van der Waals surface area (Å²) >= 11 is 0. The van der Waals surface area contributed by atoms with Gasteiger partial charge in [0.2, 0.25) is 5.91 Å². The lowest BCUT2D eigenvalue weighted by Crippen LogP contribution is -2.36. The van der Waals surface area contributed by atoms with Gasteiger partial charge in [0, 0.05) is 29.7 Å². The van der Waals surface area contributed by atoms with Crippen LogP contribution in [0.1, 0.15) is 43.9 Å². The third-order valence-corrected chi connectivity index (χ3v) is 4.77. The van der Waals surface area contributed by atoms with Crippen LogP contribution in [0.4, 0.5) is 0 Å². The van der Waals surface area contributed by atoms with Gasteiger partial charge in [0.05, 0.1) is 13.0 Å². The number of hydrogen-bond donors (Lipinski definition) is 1. The predicted octanol–water partition coefficient (Wildman–Crippen LogP) is 3.46. The zero-order chi connectivity index (χ0) is 15.7. The molecule has 1 unspecified atom stereocenters. The quantitative estimate of drug-likeness (QED) is 0.939. The van der Waals surface area contributed by atoms with E-state index in [1.165, 1.54) is 11.3 Å². The maximum Gasteiger partial charge on any atom is 0.230 e. The van der Waals surface area contributed by atoms with E-state index in [0.717, 1.165) is 49.0 Å². The molecule has 1 amide bonds. The maximum atomic E-state index is 12.9. The van der Waals surface area contributed by atoms with E-state index in [0.29, 0.717) is 0 Å². The molecular weight excluding hydrogens is 276 g/mol. The minimum absolute atomic E-state index is 0.0236. The number of likely N-dealkylation sites (N-methyl/N-ethyl adjacent to an activating group) is 1. The summed E-state index contributed by atoms with van der Waals surface area (Å²) < 4.78 is 5.36. The molecule has 0 saturated heterocycles. The summed E-state index contributed by atoms with van der Waals surface area (Å²) in [5, 5.41) is 1.14. The van der Waals surface area contributed by atoms with Crippen molar-refractivity contribution in [2.45, 2.75) is 39.0 Å². The molecule has 1 aliphatic carbocycles. The fraction of sp³-hybridized carbons (Fsp3) is 0.500. The number of nitrogens with zero attached hydrogens (tertiary/aromatic N) is 1. The van der Waals surface area contributed by atoms with Crippen LogP contribution in [0, 0.1) is 0 Å². The summed E-state index contributed by atoms with van der Waals surface area (Å²) in [6.07, 6.45) is 3.02. The number of benzene rings is 1. The maximum absolute atomic E-state index is 12.9. The van der Waals surface area contributed by atoms with Crippen molar-refractivity contribution in [3.8, 4) is 5.75 Å². The number of fused-ring (bicyclic) bond motifs is 3. The van der Waals surface area contributed by atoms with Crippen LogP contribution < -0.4 is 4.74 Å². The Kier molecular flexibility index (Phi) is 4.10. The molecule has 0 fully saturated rings. The third-order valence-electron chi connectivity index (χ3n) is 4.77. The van der Waals surface area contributed by atoms with Gasteiger partial charge in [-0.25, -0.2) is 0 Å². The smallest absolute Gasteiger partial charge is 0.230 e. The van der Waals surface area contributed by atoms with E-state index in [1.54, 1.807) is 7.11 Å². The van der Waals surface area contributed by atoms with Gasteiger partial charge in [-0.05, 0) is 56.9 Å². The molecule has 1 heterocycles. The first-order chi connectivity index (χ1) is 10.7. The normalized spacial score (nSPS) is 17.3. The number of methoxy groups -OCH3 is 1. The molecule has 1 atom stereocenters. The molecule has 3 rings (SSSR count). The second-order valence-corrected chi connectivity index (χ2v) is 5.88. The first kappa shape index (κ1) is 14.9. The minimum Gasteiger partial charge on any atom is -0.497 e. The summed E-state index contributed by atoms with van der Waals surface area (Å²) in [4.78, 5) is 18.3. The van der Waals surface area contributed by atoms with Crippen LogP contribution in [0.25, 0.3) is 10.9 Å². The molecule has 0 radical (unpaired) electrons. The van der Waals surface area contributed by atoms with Crippen molar-refractivity contribution < 1.29 is 9.53 Å². The zero-order valence-corrected chi connectivity index (χ0v) is 13.6. The van der Waals surface area contributed by atoms with Crippen LogP contribution in [0.3, 0.4) is 0 Å². The van der Waals surface area contributed by atoms with Gasteiger partial charge in [-0.3, -0.25) is 4.79 Å². The van der Waals surface area contributed by atoms with Gasteiger partial charge < -0.3 is 14.6 Å². The molecule has 1 aliphatic rings. The van der Waals surface area contributed by atoms with Gasteiger partial charge in [-0.2, -0.15) is 0 Å². The Bertz CT molecular complexity index is 686. The molecule has 1 N–H and O–H groups in total. The second-order valence-electron chi connectivity index (χ2n) is 5.88. The lowest BCUT2D eigenvalue weighted by molar-refractivity contribution is -0.132. The summed E-state index contributed by atoms with van der Waals surface area (Å²) in [7, 11) is 1.68. The average molecular weight is 300 g/mol. The Labute approximate surface area is 131 Å². The van der Waals surface area contributed by atoms with Crippen molar-refractivity contribution in [3.05, 3.63) is 29.5 Å². The number of carbonyl (C=O) groups is 1. The number of nitrogens with one attached hydrogen (secondary N) is 1. The van der Waals surface area contributed by atoms with Gasteiger partial charge in [0.15, 0.2) is 0 Å². The lowest BCUT2D eigenvalue weighted by atomic mass is 9.84. The average Bonchev–Trinajstić information content (AvgIpc) is 2.93. The Balaban J connectivity index is 2.09. The molecule has 1 aromatic carbocycles. The van der Waals surface area contributed by atoms with Crippen molar-refractivity contribution in [1.82, 2.24) is 9.88 Å². The molecule has 0 bridgehead atoms. The lowest BCUT2D eigenvalue weighted by Gasteiger charge is -2.28. The summed E-state index contributed by atoms with van der Waals surface area (Å²) in [6.45, 7) is 5.63. The number of H-pyrrole nitrogens is 1. The molecule has 4 heteroatoms. The van der Waals surface area contributed by atoms with Crippen LogP contribution in [0.5, 0.6) is 5.75 Å². The number of ether oxygens (including phenoxy) is 1. The standard InChI is InChI=1S/C18H24N2O2/c1-4-20(5-2)18(21)13-7-6-8-16-17(13)14-11-12(22-3)9-10-15(14)19-16/h9-11,13,19H,4-8H2,1-3H3. The van der Waals surface area contributed by atoms with E-state index >= 15 is 0 Å². The number of rotatable bonds is 4. The summed E-state index contributed by atoms with van der Waals surface area (Å²) in [6, 6.07) is 6.06. The van der Waals surface area contributed by atoms with Crippen molar-refractivity contribution in [1.29, 1.82) is 0 Å². The van der Waals surface area contributed by atoms with Gasteiger partial charge >= 0.3 is 0 Å². The molecule has 0 saturated carbocycles. The Morgan fingerprint density at radius 1 is 1.36 bits per heavy atom. The van der Waals surface area contributed by atoms with Gasteiger partial charge in [0.25, 0.3) is 0 Å². The molecule has 0 aliphatic heterocycles. The van der Waals surface area contributed by atoms with Crippen molar-refractivity contribution >= 4 is 16.8 Å². The van der Waals surface area contributed by atoms with Crippen molar-refractivity contribution in [2.24, 2.45) is 0 Å². The van der Waals surface area contributed by atoms with Crippen molar-refractivity contribution in [3.63, 3.8) is 0 Å². The van der Waals surface area contributed by atoms with Crippen LogP contribution >= 0.6 is 0 Å². The molecule has 118 valence electrons. The van der Waals surface area contributed by atoms with E-state index in [9.17, 15) is 4.79 Å². The van der Waals surface area contributed by atoms with Crippen LogP contribution in [-0.2, 0) is 11.2 Å². The number of aromatic nitrogens is 1. The molecule has 1 aromatic heterocycles. The SMILES string of the molecule is CCN(CC)C(=O)C1CCCc2[nH]c3ccc(OC)cc3c21. The summed E-state index contributed by atoms with van der Waals surface area (Å²) in [5.74, 6) is 1.08. The van der Waals surface area contributed by atoms with Crippen LogP contribution in [0.2, 0.25) is 0 Å². The minimum atomic E-state index is -0.0236. The summed E-state index contributed by atoms with van der Waals surface area (Å²) in [5.41, 5.74) is 3.52. The monoisotopic (exact) mass is 300 g/mol. The third kappa shape index (κ3) is 2.36. The molecular formula is C18H24N2O2. The van der Waals surface area contributed by atoms with E-state index in [4.69, 9.17) is 4.74 Å². The number of carbonyl (C=O) groups excluding carboxylic acids is 1. The second kappa shape index (κ2) is 6.03. The Hall–Kier alpha value is -1.97. The Morgan fingerprint density at radius 2 is 2.14 bits per heavy atom. The Morgan fingerprint density at radius 3 is 2.82 bits per heavy atom. The van der Waals surface area contributed by atoms with Gasteiger partial charge in [-0.1, -0.05) is 0 Å². The van der Waals surface area contributed by atoms with E-state index in [2.05, 4.69) is 11.1 Å². The highest BCUT2D eigenvalue weighted by atomic mass is 16.5. The van der Waals surface area contributed by atoms with Gasteiger partial charge in [0.1, 0.15) is 5.75 Å².